The molecule has 440 valence electrons. The van der Waals surface area contributed by atoms with E-state index in [1.54, 1.807) is 49.6 Å². The van der Waals surface area contributed by atoms with Crippen molar-refractivity contribution >= 4 is 46.7 Å². The fourth-order valence-corrected chi connectivity index (χ4v) is 10.1. The first-order chi connectivity index (χ1) is 40.4. The number of nitrogens with one attached hydrogen (secondary N) is 3. The molecule has 4 amide bonds. The van der Waals surface area contributed by atoms with Gasteiger partial charge in [0.1, 0.15) is 23.0 Å². The van der Waals surface area contributed by atoms with E-state index in [2.05, 4.69) is 43.7 Å². The van der Waals surface area contributed by atoms with Gasteiger partial charge in [-0.2, -0.15) is 4.99 Å². The van der Waals surface area contributed by atoms with Gasteiger partial charge in [0, 0.05) is 55.1 Å². The number of para-hydroxylation sites is 2. The lowest BCUT2D eigenvalue weighted by atomic mass is 10.1. The van der Waals surface area contributed by atoms with Gasteiger partial charge in [-0.3, -0.25) is 9.59 Å². The van der Waals surface area contributed by atoms with E-state index in [0.717, 1.165) is 107 Å². The first kappa shape index (κ1) is 62.8. The van der Waals surface area contributed by atoms with Gasteiger partial charge >= 0.3 is 6.03 Å². The van der Waals surface area contributed by atoms with Crippen LogP contribution in [-0.4, -0.2) is 98.1 Å². The number of aliphatic imine (C=N–C) groups is 1. The number of hydrogen-bond donors (Lipinski definition) is 4. The smallest absolute Gasteiger partial charge is 0.323 e. The van der Waals surface area contributed by atoms with Crippen molar-refractivity contribution in [3.63, 3.8) is 0 Å². The third-order valence-corrected chi connectivity index (χ3v) is 15.4. The summed E-state index contributed by atoms with van der Waals surface area (Å²) in [5, 5.41) is 8.82. The molecule has 7 aromatic rings. The number of carbonyl (C=O) groups is 3. The molecule has 0 radical (unpaired) electrons. The normalized spacial score (nSPS) is 12.8. The second kappa shape index (κ2) is 30.5. The molecule has 9 rings (SSSR count). The Morgan fingerprint density at radius 3 is 1.71 bits per heavy atom. The van der Waals surface area contributed by atoms with E-state index >= 15 is 0 Å². The summed E-state index contributed by atoms with van der Waals surface area (Å²) in [6.07, 6.45) is 6.42. The number of ether oxygens (including phenoxy) is 3. The van der Waals surface area contributed by atoms with Crippen molar-refractivity contribution in [1.82, 2.24) is 20.0 Å². The number of benzene rings is 7. The lowest BCUT2D eigenvalue weighted by Crippen LogP contribution is -2.37. The summed E-state index contributed by atoms with van der Waals surface area (Å²) < 4.78 is 17.8. The summed E-state index contributed by atoms with van der Waals surface area (Å²) in [7, 11) is 1.67. The van der Waals surface area contributed by atoms with Gasteiger partial charge in [-0.05, 0) is 231 Å². The molecule has 15 heteroatoms. The molecule has 2 heterocycles. The van der Waals surface area contributed by atoms with Gasteiger partial charge in [-0.15, -0.1) is 0 Å². The van der Waals surface area contributed by atoms with Crippen molar-refractivity contribution in [2.45, 2.75) is 94.5 Å². The molecule has 0 atom stereocenters. The lowest BCUT2D eigenvalue weighted by molar-refractivity contribution is 0.0725. The van der Waals surface area contributed by atoms with E-state index in [0.29, 0.717) is 59.4 Å². The van der Waals surface area contributed by atoms with Crippen molar-refractivity contribution in [2.24, 2.45) is 4.99 Å². The molecule has 15 nitrogen and oxygen atoms in total. The molecule has 0 spiro atoms. The average Bonchev–Trinajstić information content (AvgIpc) is 4.24. The summed E-state index contributed by atoms with van der Waals surface area (Å²) in [6.45, 7) is 25.7. The number of isocyanates is 1. The van der Waals surface area contributed by atoms with Gasteiger partial charge in [0.25, 0.3) is 11.8 Å². The topological polar surface area (TPSA) is 180 Å². The lowest BCUT2D eigenvalue weighted by Gasteiger charge is -2.27. The number of methoxy groups -OCH3 is 1. The maximum atomic E-state index is 13.7. The maximum absolute atomic E-state index is 13.7. The minimum absolute atomic E-state index is 0.0544. The van der Waals surface area contributed by atoms with E-state index in [9.17, 15) is 19.2 Å². The van der Waals surface area contributed by atoms with Crippen LogP contribution in [0, 0.1) is 62.3 Å². The fourth-order valence-electron chi connectivity index (χ4n) is 10.1. The largest absolute Gasteiger partial charge is 0.496 e. The molecule has 0 saturated carbocycles. The van der Waals surface area contributed by atoms with Gasteiger partial charge in [-0.1, -0.05) is 60.7 Å². The zero-order valence-electron chi connectivity index (χ0n) is 50.5. The molecule has 2 fully saturated rings. The quantitative estimate of drug-likeness (QED) is 0.0367. The van der Waals surface area contributed by atoms with E-state index < -0.39 is 6.03 Å². The van der Waals surface area contributed by atoms with Crippen LogP contribution in [0.25, 0.3) is 0 Å². The molecular weight excluding hydrogens is 1050 g/mol. The standard InChI is InChI=1S/C30H36N4O3.C30H37N3O3.C9H9NO/c1-20-10-12-25(18-23(20)4)37-27-13-11-24(29(35)31-14-17-34-15-5-6-16-34)19-26(27)32-30(36)33-28-21(2)8-7-9-22(28)3;1-21-7-9-25(29(17-21)35-4)20-33(16-15-32-13-5-6-14-32)30(34)24-10-12-28(27(31)19-24)36-26-11-8-22(2)23(3)18-26;1-7-4-3-5-8(2)9(7)10-6-11/h7-13,18-19H,5-6,14-17H2,1-4H3,(H,31,35)(H2,32,33,36);7-12,17-19H,5-6,13-16,20,31H2,1-4H3;3-5H,1-2H3. The third kappa shape index (κ3) is 17.9. The number of carbonyl (C=O) groups excluding carboxylic acids is 4. The minimum atomic E-state index is -0.408. The molecule has 0 bridgehead atoms. The maximum Gasteiger partial charge on any atom is 0.323 e. The van der Waals surface area contributed by atoms with Crippen LogP contribution < -0.4 is 35.9 Å². The second-order valence-electron chi connectivity index (χ2n) is 21.8. The highest BCUT2D eigenvalue weighted by atomic mass is 16.5. The summed E-state index contributed by atoms with van der Waals surface area (Å²) in [6, 6.07) is 39.5. The number of amides is 4. The van der Waals surface area contributed by atoms with E-state index in [1.807, 2.05) is 145 Å². The van der Waals surface area contributed by atoms with Crippen LogP contribution in [0.15, 0.2) is 132 Å². The van der Waals surface area contributed by atoms with Crippen LogP contribution in [0.5, 0.6) is 28.7 Å². The minimum Gasteiger partial charge on any atom is -0.496 e. The molecule has 2 aliphatic heterocycles. The number of urea groups is 1. The van der Waals surface area contributed by atoms with Crippen LogP contribution in [0.1, 0.15) is 102 Å². The summed E-state index contributed by atoms with van der Waals surface area (Å²) in [4.78, 5) is 59.8. The second-order valence-corrected chi connectivity index (χ2v) is 21.8. The SMILES string of the molecule is COc1cc(C)ccc1CN(CCN1CCCC1)C(=O)c1ccc(Oc2ccc(C)c(C)c2)c(N)c1.Cc1ccc(Oc2ccc(C(=O)NCCN3CCCC3)cc2NC(=O)Nc2c(C)cccc2C)cc1C.Cc1cccc(C)c1N=C=O. The van der Waals surface area contributed by atoms with E-state index in [-0.39, 0.29) is 11.8 Å². The van der Waals surface area contributed by atoms with Crippen LogP contribution >= 0.6 is 0 Å². The van der Waals surface area contributed by atoms with Crippen molar-refractivity contribution in [1.29, 1.82) is 0 Å². The Labute approximate surface area is 496 Å². The number of anilines is 3. The monoisotopic (exact) mass is 1130 g/mol. The Balaban J connectivity index is 0.000000204. The average molecular weight is 1140 g/mol. The van der Waals surface area contributed by atoms with Crippen LogP contribution in [0.3, 0.4) is 0 Å². The first-order valence-corrected chi connectivity index (χ1v) is 28.9. The highest BCUT2D eigenvalue weighted by Gasteiger charge is 2.22. The fraction of sp³-hybridized carbons (Fsp3) is 0.333. The van der Waals surface area contributed by atoms with Gasteiger partial charge in [0.2, 0.25) is 6.08 Å². The predicted molar refractivity (Wildman–Crippen MR) is 338 cm³/mol. The number of nitrogen functional groups attached to an aromatic ring is 1. The predicted octanol–water partition coefficient (Wildman–Crippen LogP) is 14.2. The number of nitrogens with two attached hydrogens (primary N) is 1. The molecule has 2 saturated heterocycles. The Hall–Kier alpha value is -8.75. The van der Waals surface area contributed by atoms with E-state index in [1.165, 1.54) is 36.8 Å². The summed E-state index contributed by atoms with van der Waals surface area (Å²) in [5.41, 5.74) is 20.4. The number of aryl methyl sites for hydroxylation is 9. The molecular formula is C69H82N8O7. The molecule has 2 aliphatic rings. The highest BCUT2D eigenvalue weighted by molar-refractivity contribution is 6.03. The van der Waals surface area contributed by atoms with E-state index in [4.69, 9.17) is 19.9 Å². The summed E-state index contributed by atoms with van der Waals surface area (Å²) in [5.74, 6) is 2.93. The van der Waals surface area contributed by atoms with Crippen molar-refractivity contribution in [3.05, 3.63) is 194 Å². The van der Waals surface area contributed by atoms with Crippen molar-refractivity contribution in [3.8, 4) is 28.7 Å². The van der Waals surface area contributed by atoms with Crippen molar-refractivity contribution < 1.29 is 33.4 Å². The van der Waals surface area contributed by atoms with Crippen molar-refractivity contribution in [2.75, 3.05) is 75.8 Å². The van der Waals surface area contributed by atoms with Crippen LogP contribution in [-0.2, 0) is 11.3 Å². The number of nitrogens with zero attached hydrogens (tertiary/aromatic N) is 4. The Morgan fingerprint density at radius 2 is 1.14 bits per heavy atom. The first-order valence-electron chi connectivity index (χ1n) is 28.9. The molecule has 0 aliphatic carbocycles. The Morgan fingerprint density at radius 1 is 0.583 bits per heavy atom. The van der Waals surface area contributed by atoms with Gasteiger partial charge in [0.15, 0.2) is 5.75 Å². The van der Waals surface area contributed by atoms with Gasteiger partial charge < -0.3 is 50.6 Å². The molecule has 0 unspecified atom stereocenters. The number of rotatable bonds is 18. The molecule has 7 aromatic carbocycles. The van der Waals surface area contributed by atoms with Gasteiger partial charge in [-0.25, -0.2) is 9.59 Å². The molecule has 84 heavy (non-hydrogen) atoms. The van der Waals surface area contributed by atoms with Gasteiger partial charge in [0.05, 0.1) is 24.2 Å². The molecule has 5 N–H and O–H groups in total. The Kier molecular flexibility index (Phi) is 22.8. The summed E-state index contributed by atoms with van der Waals surface area (Å²) >= 11 is 0. The third-order valence-electron chi connectivity index (χ3n) is 15.4. The zero-order chi connectivity index (χ0) is 60.3. The van der Waals surface area contributed by atoms with Crippen LogP contribution in [0.4, 0.5) is 27.5 Å². The Bertz CT molecular complexity index is 3430. The number of hydrogen-bond acceptors (Lipinski definition) is 11. The highest BCUT2D eigenvalue weighted by Crippen LogP contribution is 2.34. The number of likely N-dealkylation sites (tertiary alicyclic amines) is 2. The van der Waals surface area contributed by atoms with Crippen LogP contribution in [0.2, 0.25) is 0 Å². The molecule has 0 aromatic heterocycles. The zero-order valence-corrected chi connectivity index (χ0v) is 50.5.